The Labute approximate surface area is 136 Å². The van der Waals surface area contributed by atoms with Crippen molar-refractivity contribution in [2.45, 2.75) is 53.4 Å². The van der Waals surface area contributed by atoms with E-state index in [1.165, 1.54) is 24.3 Å². The van der Waals surface area contributed by atoms with Crippen molar-refractivity contribution in [3.05, 3.63) is 24.0 Å². The van der Waals surface area contributed by atoms with E-state index in [0.717, 1.165) is 26.2 Å². The molecule has 0 spiro atoms. The van der Waals surface area contributed by atoms with Gasteiger partial charge in [0.2, 0.25) is 0 Å². The first-order valence-corrected chi connectivity index (χ1v) is 8.59. The molecule has 1 aromatic heterocycles. The number of pyridine rings is 1. The van der Waals surface area contributed by atoms with Crippen molar-refractivity contribution < 1.29 is 0 Å². The molecule has 1 fully saturated rings. The van der Waals surface area contributed by atoms with E-state index in [0.29, 0.717) is 5.41 Å². The van der Waals surface area contributed by atoms with Gasteiger partial charge in [0.15, 0.2) is 0 Å². The van der Waals surface area contributed by atoms with Crippen molar-refractivity contribution in [1.82, 2.24) is 9.88 Å². The fourth-order valence-corrected chi connectivity index (χ4v) is 2.74. The topological polar surface area (TPSA) is 19.4 Å². The summed E-state index contributed by atoms with van der Waals surface area (Å²) in [6.07, 6.45) is 3.32. The third-order valence-electron chi connectivity index (χ3n) is 4.43. The van der Waals surface area contributed by atoms with Crippen LogP contribution in [0.25, 0.3) is 0 Å². The van der Waals surface area contributed by atoms with E-state index >= 15 is 0 Å². The Morgan fingerprint density at radius 1 is 0.955 bits per heavy atom. The van der Waals surface area contributed by atoms with Crippen LogP contribution in [0, 0.1) is 5.41 Å². The first-order valence-electron chi connectivity index (χ1n) is 8.59. The standard InChI is InChI=1S/C19H33N3/c1-18(2,3)9-10-21-11-13-22(14-12-21)16-7-8-17(20-15-16)19(4,5)6/h7-8,15H,9-14H2,1-6H3. The second-order valence-electron chi connectivity index (χ2n) is 8.79. The van der Waals surface area contributed by atoms with E-state index < -0.39 is 0 Å². The zero-order valence-electron chi connectivity index (χ0n) is 15.3. The molecule has 1 aromatic rings. The molecular formula is C19H33N3. The summed E-state index contributed by atoms with van der Waals surface area (Å²) in [6.45, 7) is 19.4. The van der Waals surface area contributed by atoms with Crippen LogP contribution in [0.3, 0.4) is 0 Å². The van der Waals surface area contributed by atoms with Crippen molar-refractivity contribution in [2.75, 3.05) is 37.6 Å². The molecule has 0 saturated carbocycles. The van der Waals surface area contributed by atoms with Gasteiger partial charge in [-0.25, -0.2) is 0 Å². The molecule has 0 aliphatic carbocycles. The van der Waals surface area contributed by atoms with Crippen molar-refractivity contribution in [3.8, 4) is 0 Å². The highest BCUT2D eigenvalue weighted by Crippen LogP contribution is 2.23. The number of hydrogen-bond acceptors (Lipinski definition) is 3. The van der Waals surface area contributed by atoms with Gasteiger partial charge >= 0.3 is 0 Å². The Kier molecular flexibility index (Phi) is 5.16. The fourth-order valence-electron chi connectivity index (χ4n) is 2.74. The molecule has 0 radical (unpaired) electrons. The summed E-state index contributed by atoms with van der Waals surface area (Å²) in [4.78, 5) is 9.72. The van der Waals surface area contributed by atoms with Crippen LogP contribution in [-0.2, 0) is 5.41 Å². The lowest BCUT2D eigenvalue weighted by Crippen LogP contribution is -2.47. The maximum atomic E-state index is 4.66. The second-order valence-corrected chi connectivity index (χ2v) is 8.79. The molecular weight excluding hydrogens is 270 g/mol. The highest BCUT2D eigenvalue weighted by molar-refractivity contribution is 5.45. The molecule has 0 bridgehead atoms. The van der Waals surface area contributed by atoms with Crippen molar-refractivity contribution in [2.24, 2.45) is 5.41 Å². The SMILES string of the molecule is CC(C)(C)CCN1CCN(c2ccc(C(C)(C)C)nc2)CC1. The summed E-state index contributed by atoms with van der Waals surface area (Å²) in [5.74, 6) is 0. The molecule has 0 amide bonds. The Morgan fingerprint density at radius 2 is 1.59 bits per heavy atom. The summed E-state index contributed by atoms with van der Waals surface area (Å²) >= 11 is 0. The number of anilines is 1. The molecule has 2 heterocycles. The summed E-state index contributed by atoms with van der Waals surface area (Å²) in [5, 5.41) is 0. The van der Waals surface area contributed by atoms with E-state index in [1.807, 2.05) is 6.20 Å². The Bertz CT molecular complexity index is 457. The quantitative estimate of drug-likeness (QED) is 0.843. The van der Waals surface area contributed by atoms with Gasteiger partial charge < -0.3 is 4.90 Å². The molecule has 124 valence electrons. The number of rotatable bonds is 3. The van der Waals surface area contributed by atoms with E-state index in [-0.39, 0.29) is 5.41 Å². The zero-order valence-corrected chi connectivity index (χ0v) is 15.3. The molecule has 1 saturated heterocycles. The molecule has 0 aromatic carbocycles. The molecule has 1 aliphatic rings. The van der Waals surface area contributed by atoms with Crippen molar-refractivity contribution >= 4 is 5.69 Å². The van der Waals surface area contributed by atoms with Gasteiger partial charge in [-0.05, 0) is 30.5 Å². The maximum Gasteiger partial charge on any atom is 0.0553 e. The lowest BCUT2D eigenvalue weighted by atomic mass is 9.91. The Balaban J connectivity index is 1.86. The van der Waals surface area contributed by atoms with Gasteiger partial charge in [-0.2, -0.15) is 0 Å². The minimum Gasteiger partial charge on any atom is -0.368 e. The van der Waals surface area contributed by atoms with Crippen molar-refractivity contribution in [3.63, 3.8) is 0 Å². The fraction of sp³-hybridized carbons (Fsp3) is 0.737. The molecule has 3 nitrogen and oxygen atoms in total. The third kappa shape index (κ3) is 4.98. The van der Waals surface area contributed by atoms with Crippen LogP contribution in [0.4, 0.5) is 5.69 Å². The molecule has 0 unspecified atom stereocenters. The summed E-state index contributed by atoms with van der Waals surface area (Å²) in [6, 6.07) is 4.42. The van der Waals surface area contributed by atoms with Crippen LogP contribution in [0.5, 0.6) is 0 Å². The number of piperazine rings is 1. The zero-order chi connectivity index (χ0) is 16.4. The van der Waals surface area contributed by atoms with Crippen LogP contribution in [-0.4, -0.2) is 42.6 Å². The molecule has 0 N–H and O–H groups in total. The normalized spacial score (nSPS) is 17.8. The third-order valence-corrected chi connectivity index (χ3v) is 4.43. The van der Waals surface area contributed by atoms with Gasteiger partial charge in [0.1, 0.15) is 0 Å². The summed E-state index contributed by atoms with van der Waals surface area (Å²) in [7, 11) is 0. The molecule has 22 heavy (non-hydrogen) atoms. The Hall–Kier alpha value is -1.09. The monoisotopic (exact) mass is 303 g/mol. The number of hydrogen-bond donors (Lipinski definition) is 0. The highest BCUT2D eigenvalue weighted by Gasteiger charge is 2.20. The minimum atomic E-state index is 0.129. The van der Waals surface area contributed by atoms with E-state index in [9.17, 15) is 0 Å². The van der Waals surface area contributed by atoms with Gasteiger partial charge in [0.05, 0.1) is 11.9 Å². The number of aromatic nitrogens is 1. The predicted octanol–water partition coefficient (Wildman–Crippen LogP) is 3.94. The van der Waals surface area contributed by atoms with Crippen LogP contribution in [0.15, 0.2) is 18.3 Å². The lowest BCUT2D eigenvalue weighted by Gasteiger charge is -2.37. The van der Waals surface area contributed by atoms with Crippen LogP contribution in [0.1, 0.15) is 53.7 Å². The molecule has 3 heteroatoms. The smallest absolute Gasteiger partial charge is 0.0553 e. The largest absolute Gasteiger partial charge is 0.368 e. The highest BCUT2D eigenvalue weighted by atomic mass is 15.3. The van der Waals surface area contributed by atoms with Crippen LogP contribution in [0.2, 0.25) is 0 Å². The van der Waals surface area contributed by atoms with Gasteiger partial charge in [-0.3, -0.25) is 9.88 Å². The van der Waals surface area contributed by atoms with E-state index in [1.54, 1.807) is 0 Å². The number of nitrogens with zero attached hydrogens (tertiary/aromatic N) is 3. The lowest BCUT2D eigenvalue weighted by molar-refractivity contribution is 0.217. The van der Waals surface area contributed by atoms with E-state index in [4.69, 9.17) is 0 Å². The van der Waals surface area contributed by atoms with Gasteiger partial charge in [0.25, 0.3) is 0 Å². The molecule has 0 atom stereocenters. The summed E-state index contributed by atoms with van der Waals surface area (Å²) in [5.41, 5.74) is 3.00. The molecule has 2 rings (SSSR count). The second kappa shape index (κ2) is 6.57. The minimum absolute atomic E-state index is 0.129. The van der Waals surface area contributed by atoms with Crippen LogP contribution >= 0.6 is 0 Å². The van der Waals surface area contributed by atoms with E-state index in [2.05, 4.69) is 68.5 Å². The first kappa shape index (κ1) is 17.3. The van der Waals surface area contributed by atoms with Gasteiger partial charge in [-0.1, -0.05) is 41.5 Å². The first-order chi connectivity index (χ1) is 10.1. The average molecular weight is 303 g/mol. The van der Waals surface area contributed by atoms with Crippen molar-refractivity contribution in [1.29, 1.82) is 0 Å². The Morgan fingerprint density at radius 3 is 2.05 bits per heavy atom. The van der Waals surface area contributed by atoms with Gasteiger partial charge in [-0.15, -0.1) is 0 Å². The predicted molar refractivity (Wildman–Crippen MR) is 95.7 cm³/mol. The average Bonchev–Trinajstić information content (AvgIpc) is 2.44. The summed E-state index contributed by atoms with van der Waals surface area (Å²) < 4.78 is 0. The molecule has 1 aliphatic heterocycles. The van der Waals surface area contributed by atoms with Crippen LogP contribution < -0.4 is 4.90 Å². The maximum absolute atomic E-state index is 4.66. The van der Waals surface area contributed by atoms with Gasteiger partial charge in [0, 0.05) is 37.3 Å².